The van der Waals surface area contributed by atoms with Gasteiger partial charge in [-0.25, -0.2) is 18.1 Å². The van der Waals surface area contributed by atoms with E-state index in [0.717, 1.165) is 6.20 Å². The summed E-state index contributed by atoms with van der Waals surface area (Å²) in [6.07, 6.45) is 1.14. The second-order valence-electron chi connectivity index (χ2n) is 3.55. The SMILES string of the molecule is CCN(C)C(=O)CNS(=O)(=O)c1ccc(Cl)nc1. The number of sulfonamides is 1. The van der Waals surface area contributed by atoms with Crippen LogP contribution in [-0.4, -0.2) is 44.3 Å². The lowest BCUT2D eigenvalue weighted by Crippen LogP contribution is -2.37. The van der Waals surface area contributed by atoms with Crippen LogP contribution in [0.15, 0.2) is 23.2 Å². The summed E-state index contributed by atoms with van der Waals surface area (Å²) < 4.78 is 25.8. The average Bonchev–Trinajstić information content (AvgIpc) is 2.35. The van der Waals surface area contributed by atoms with Crippen LogP contribution in [0.4, 0.5) is 0 Å². The molecule has 1 heterocycles. The van der Waals surface area contributed by atoms with Crippen LogP contribution in [0.3, 0.4) is 0 Å². The van der Waals surface area contributed by atoms with E-state index < -0.39 is 10.0 Å². The lowest BCUT2D eigenvalue weighted by molar-refractivity contribution is -0.128. The molecule has 1 N–H and O–H groups in total. The Balaban J connectivity index is 2.71. The van der Waals surface area contributed by atoms with E-state index in [9.17, 15) is 13.2 Å². The van der Waals surface area contributed by atoms with Gasteiger partial charge < -0.3 is 4.90 Å². The van der Waals surface area contributed by atoms with Gasteiger partial charge in [-0.1, -0.05) is 11.6 Å². The highest BCUT2D eigenvalue weighted by Crippen LogP contribution is 2.10. The summed E-state index contributed by atoms with van der Waals surface area (Å²) >= 11 is 5.56. The summed E-state index contributed by atoms with van der Waals surface area (Å²) in [7, 11) is -2.13. The van der Waals surface area contributed by atoms with E-state index in [2.05, 4.69) is 9.71 Å². The predicted octanol–water partition coefficient (Wildman–Crippen LogP) is 0.492. The van der Waals surface area contributed by atoms with Gasteiger partial charge in [-0.15, -0.1) is 0 Å². The molecule has 0 saturated carbocycles. The molecule has 0 unspecified atom stereocenters. The first kappa shape index (κ1) is 14.9. The van der Waals surface area contributed by atoms with Crippen molar-refractivity contribution >= 4 is 27.5 Å². The largest absolute Gasteiger partial charge is 0.345 e. The van der Waals surface area contributed by atoms with Gasteiger partial charge >= 0.3 is 0 Å². The molecule has 1 aromatic heterocycles. The van der Waals surface area contributed by atoms with Gasteiger partial charge in [0.2, 0.25) is 15.9 Å². The van der Waals surface area contributed by atoms with Gasteiger partial charge in [-0.2, -0.15) is 0 Å². The van der Waals surface area contributed by atoms with Gasteiger partial charge in [0.15, 0.2) is 0 Å². The molecule has 0 radical (unpaired) electrons. The Morgan fingerprint density at radius 2 is 2.17 bits per heavy atom. The van der Waals surface area contributed by atoms with Crippen LogP contribution in [0, 0.1) is 0 Å². The number of hydrogen-bond donors (Lipinski definition) is 1. The molecule has 18 heavy (non-hydrogen) atoms. The molecule has 0 aliphatic rings. The van der Waals surface area contributed by atoms with Crippen molar-refractivity contribution in [2.75, 3.05) is 20.1 Å². The molecular formula is C10H14ClN3O3S. The second-order valence-corrected chi connectivity index (χ2v) is 5.70. The van der Waals surface area contributed by atoms with Crippen LogP contribution < -0.4 is 4.72 Å². The number of carbonyl (C=O) groups is 1. The van der Waals surface area contributed by atoms with Gasteiger partial charge in [-0.3, -0.25) is 4.79 Å². The third kappa shape index (κ3) is 3.94. The van der Waals surface area contributed by atoms with E-state index in [4.69, 9.17) is 11.6 Å². The van der Waals surface area contributed by atoms with Gasteiger partial charge in [0.1, 0.15) is 10.0 Å². The highest BCUT2D eigenvalue weighted by Gasteiger charge is 2.16. The Morgan fingerprint density at radius 3 is 2.67 bits per heavy atom. The van der Waals surface area contributed by atoms with E-state index in [0.29, 0.717) is 6.54 Å². The molecule has 0 bridgehead atoms. The summed E-state index contributed by atoms with van der Waals surface area (Å²) in [5.74, 6) is -0.303. The van der Waals surface area contributed by atoms with Gasteiger partial charge in [0, 0.05) is 19.8 Å². The van der Waals surface area contributed by atoms with Gasteiger partial charge in [0.05, 0.1) is 6.54 Å². The molecule has 1 amide bonds. The zero-order valence-electron chi connectivity index (χ0n) is 10.1. The molecule has 1 rings (SSSR count). The Kier molecular flexibility index (Phi) is 5.06. The third-order valence-electron chi connectivity index (χ3n) is 2.32. The zero-order chi connectivity index (χ0) is 13.8. The van der Waals surface area contributed by atoms with Gasteiger partial charge in [-0.05, 0) is 19.1 Å². The van der Waals surface area contributed by atoms with E-state index in [1.54, 1.807) is 14.0 Å². The maximum Gasteiger partial charge on any atom is 0.242 e. The minimum atomic E-state index is -3.73. The maximum absolute atomic E-state index is 11.8. The summed E-state index contributed by atoms with van der Waals surface area (Å²) in [6, 6.07) is 2.70. The van der Waals surface area contributed by atoms with Crippen molar-refractivity contribution in [1.29, 1.82) is 0 Å². The number of nitrogens with one attached hydrogen (secondary N) is 1. The van der Waals surface area contributed by atoms with Crippen molar-refractivity contribution in [2.45, 2.75) is 11.8 Å². The smallest absolute Gasteiger partial charge is 0.242 e. The molecule has 100 valence electrons. The van der Waals surface area contributed by atoms with Crippen LogP contribution in [0.5, 0.6) is 0 Å². The first-order valence-electron chi connectivity index (χ1n) is 5.22. The molecule has 0 aliphatic heterocycles. The number of amides is 1. The molecule has 6 nitrogen and oxygen atoms in total. The van der Waals surface area contributed by atoms with Crippen molar-refractivity contribution in [1.82, 2.24) is 14.6 Å². The summed E-state index contributed by atoms with van der Waals surface area (Å²) in [4.78, 5) is 16.5. The Hall–Kier alpha value is -1.18. The molecule has 0 fully saturated rings. The van der Waals surface area contributed by atoms with Crippen LogP contribution in [0.25, 0.3) is 0 Å². The fourth-order valence-electron chi connectivity index (χ4n) is 1.07. The summed E-state index contributed by atoms with van der Waals surface area (Å²) in [5, 5.41) is 0.204. The first-order valence-corrected chi connectivity index (χ1v) is 7.08. The van der Waals surface area contributed by atoms with E-state index in [1.165, 1.54) is 17.0 Å². The van der Waals surface area contributed by atoms with Crippen molar-refractivity contribution in [2.24, 2.45) is 0 Å². The Labute approximate surface area is 111 Å². The van der Waals surface area contributed by atoms with Crippen LogP contribution in [-0.2, 0) is 14.8 Å². The van der Waals surface area contributed by atoms with E-state index in [-0.39, 0.29) is 22.5 Å². The standard InChI is InChI=1S/C10H14ClN3O3S/c1-3-14(2)10(15)7-13-18(16,17)8-4-5-9(11)12-6-8/h4-6,13H,3,7H2,1-2H3. The van der Waals surface area contributed by atoms with Crippen molar-refractivity contribution in [3.63, 3.8) is 0 Å². The molecule has 1 aromatic rings. The highest BCUT2D eigenvalue weighted by molar-refractivity contribution is 7.89. The number of likely N-dealkylation sites (N-methyl/N-ethyl adjacent to an activating group) is 1. The molecule has 8 heteroatoms. The normalized spacial score (nSPS) is 11.3. The molecule has 0 aliphatic carbocycles. The number of nitrogens with zero attached hydrogens (tertiary/aromatic N) is 2. The van der Waals surface area contributed by atoms with Crippen molar-refractivity contribution in [3.05, 3.63) is 23.5 Å². The number of aromatic nitrogens is 1. The maximum atomic E-state index is 11.8. The minimum absolute atomic E-state index is 0.0288. The number of halogens is 1. The fraction of sp³-hybridized carbons (Fsp3) is 0.400. The fourth-order valence-corrected chi connectivity index (χ4v) is 2.10. The topological polar surface area (TPSA) is 79.4 Å². The number of rotatable bonds is 5. The lowest BCUT2D eigenvalue weighted by Gasteiger charge is -2.14. The minimum Gasteiger partial charge on any atom is -0.345 e. The van der Waals surface area contributed by atoms with E-state index >= 15 is 0 Å². The molecule has 0 saturated heterocycles. The molecular weight excluding hydrogens is 278 g/mol. The highest BCUT2D eigenvalue weighted by atomic mass is 35.5. The molecule has 0 aromatic carbocycles. The zero-order valence-corrected chi connectivity index (χ0v) is 11.6. The van der Waals surface area contributed by atoms with Crippen molar-refractivity contribution in [3.8, 4) is 0 Å². The summed E-state index contributed by atoms with van der Waals surface area (Å²) in [6.45, 7) is 2.04. The first-order chi connectivity index (χ1) is 8.36. The monoisotopic (exact) mass is 291 g/mol. The summed E-state index contributed by atoms with van der Waals surface area (Å²) in [5.41, 5.74) is 0. The van der Waals surface area contributed by atoms with Crippen LogP contribution >= 0.6 is 11.6 Å². The average molecular weight is 292 g/mol. The third-order valence-corrected chi connectivity index (χ3v) is 3.93. The Bertz CT molecular complexity index is 516. The lowest BCUT2D eigenvalue weighted by atomic mass is 10.5. The molecule has 0 atom stereocenters. The van der Waals surface area contributed by atoms with Crippen LogP contribution in [0.1, 0.15) is 6.92 Å². The van der Waals surface area contributed by atoms with Crippen molar-refractivity contribution < 1.29 is 13.2 Å². The number of carbonyl (C=O) groups excluding carboxylic acids is 1. The van der Waals surface area contributed by atoms with E-state index in [1.807, 2.05) is 0 Å². The van der Waals surface area contributed by atoms with Gasteiger partial charge in [0.25, 0.3) is 0 Å². The quantitative estimate of drug-likeness (QED) is 0.801. The molecule has 0 spiro atoms. The van der Waals surface area contributed by atoms with Crippen LogP contribution in [0.2, 0.25) is 5.15 Å². The number of hydrogen-bond acceptors (Lipinski definition) is 4. The predicted molar refractivity (Wildman–Crippen MR) is 67.7 cm³/mol. The number of pyridine rings is 1. The second kappa shape index (κ2) is 6.12. The Morgan fingerprint density at radius 1 is 1.50 bits per heavy atom.